The summed E-state index contributed by atoms with van der Waals surface area (Å²) in [4.78, 5) is 9.60. The Morgan fingerprint density at radius 3 is 1.91 bits per heavy atom. The molecule has 4 heteroatoms. The van der Waals surface area contributed by atoms with Crippen LogP contribution in [-0.2, 0) is 9.53 Å². The molecule has 0 bridgehead atoms. The van der Waals surface area contributed by atoms with Crippen molar-refractivity contribution in [2.45, 2.75) is 26.4 Å². The third-order valence-corrected chi connectivity index (χ3v) is 0.531. The summed E-state index contributed by atoms with van der Waals surface area (Å²) in [7, 11) is 0. The molecule has 0 saturated heterocycles. The number of nitrogens with two attached hydrogens (primary N) is 1. The van der Waals surface area contributed by atoms with Gasteiger partial charge in [-0.15, -0.1) is 0 Å². The topological polar surface area (TPSA) is 72.5 Å². The Labute approximate surface area is 67.3 Å². The molecule has 0 aliphatic carbocycles. The van der Waals surface area contributed by atoms with E-state index in [4.69, 9.17) is 10.8 Å². The molecular weight excluding hydrogens is 146 g/mol. The van der Waals surface area contributed by atoms with Crippen molar-refractivity contribution in [3.05, 3.63) is 0 Å². The van der Waals surface area contributed by atoms with E-state index >= 15 is 0 Å². The molecule has 3 N–H and O–H groups in total. The fourth-order valence-corrected chi connectivity index (χ4v) is 0.144. The number of hydrogen-bond donors (Lipinski definition) is 2. The second kappa shape index (κ2) is 7.50. The van der Waals surface area contributed by atoms with Crippen molar-refractivity contribution < 1.29 is 14.6 Å². The number of aliphatic hydroxyl groups is 1. The van der Waals surface area contributed by atoms with Gasteiger partial charge in [-0.3, -0.25) is 4.79 Å². The minimum absolute atomic E-state index is 0.0972. The number of carbonyl (C=O) groups is 1. The molecule has 0 unspecified atom stereocenters. The first-order chi connectivity index (χ1) is 4.97. The van der Waals surface area contributed by atoms with Crippen LogP contribution in [0.4, 0.5) is 0 Å². The van der Waals surface area contributed by atoms with Gasteiger partial charge in [0.25, 0.3) is 6.47 Å². The highest BCUT2D eigenvalue weighted by Crippen LogP contribution is 2.02. The van der Waals surface area contributed by atoms with E-state index in [1.54, 1.807) is 0 Å². The molecule has 0 spiro atoms. The van der Waals surface area contributed by atoms with Gasteiger partial charge in [0.2, 0.25) is 0 Å². The van der Waals surface area contributed by atoms with E-state index in [-0.39, 0.29) is 12.2 Å². The van der Waals surface area contributed by atoms with Crippen molar-refractivity contribution in [2.75, 3.05) is 13.2 Å². The molecule has 0 amide bonds. The molecular formula is C7H17NO3. The summed E-state index contributed by atoms with van der Waals surface area (Å²) in [6, 6.07) is 0. The summed E-state index contributed by atoms with van der Waals surface area (Å²) in [6.07, 6.45) is 0. The summed E-state index contributed by atoms with van der Waals surface area (Å²) >= 11 is 0. The standard InChI is InChI=1S/C5H10O2.C2H7NO/c1-5(2,3)7-4-6;3-1-2-4/h4H,1-3H3;4H,1-3H2. The average molecular weight is 163 g/mol. The van der Waals surface area contributed by atoms with Gasteiger partial charge in [-0.25, -0.2) is 0 Å². The first kappa shape index (κ1) is 13.0. The first-order valence-electron chi connectivity index (χ1n) is 3.40. The third kappa shape index (κ3) is 26.6. The van der Waals surface area contributed by atoms with Crippen molar-refractivity contribution in [3.8, 4) is 0 Å². The molecule has 0 saturated carbocycles. The SMILES string of the molecule is CC(C)(C)OC=O.NCCO. The molecule has 4 nitrogen and oxygen atoms in total. The van der Waals surface area contributed by atoms with Crippen LogP contribution in [0.5, 0.6) is 0 Å². The molecule has 0 aromatic carbocycles. The number of ether oxygens (including phenoxy) is 1. The van der Waals surface area contributed by atoms with Crippen molar-refractivity contribution in [1.29, 1.82) is 0 Å². The summed E-state index contributed by atoms with van der Waals surface area (Å²) in [5.41, 5.74) is 4.46. The number of hydrogen-bond acceptors (Lipinski definition) is 4. The lowest BCUT2D eigenvalue weighted by Crippen LogP contribution is -2.17. The van der Waals surface area contributed by atoms with Gasteiger partial charge in [0.15, 0.2) is 0 Å². The maximum absolute atomic E-state index is 9.60. The van der Waals surface area contributed by atoms with Crippen LogP contribution in [0.2, 0.25) is 0 Å². The molecule has 0 radical (unpaired) electrons. The zero-order valence-electron chi connectivity index (χ0n) is 7.33. The highest BCUT2D eigenvalue weighted by Gasteiger charge is 2.07. The summed E-state index contributed by atoms with van der Waals surface area (Å²) in [6.45, 7) is 6.39. The summed E-state index contributed by atoms with van der Waals surface area (Å²) in [5, 5.41) is 7.75. The van der Waals surface area contributed by atoms with E-state index in [1.165, 1.54) is 0 Å². The molecule has 0 heterocycles. The Morgan fingerprint density at radius 2 is 1.91 bits per heavy atom. The average Bonchev–Trinajstić information content (AvgIpc) is 1.86. The molecule has 0 atom stereocenters. The van der Waals surface area contributed by atoms with Crippen LogP contribution in [-0.4, -0.2) is 30.3 Å². The zero-order valence-corrected chi connectivity index (χ0v) is 7.33. The minimum atomic E-state index is -0.318. The Hall–Kier alpha value is -0.610. The Morgan fingerprint density at radius 1 is 1.55 bits per heavy atom. The fraction of sp³-hybridized carbons (Fsp3) is 0.857. The number of aliphatic hydroxyl groups excluding tert-OH is 1. The highest BCUT2D eigenvalue weighted by atomic mass is 16.5. The number of rotatable bonds is 2. The van der Waals surface area contributed by atoms with Crippen LogP contribution in [0.3, 0.4) is 0 Å². The van der Waals surface area contributed by atoms with Gasteiger partial charge < -0.3 is 15.6 Å². The van der Waals surface area contributed by atoms with E-state index in [0.29, 0.717) is 13.0 Å². The third-order valence-electron chi connectivity index (χ3n) is 0.531. The number of carbonyl (C=O) groups excluding carboxylic acids is 1. The lowest BCUT2D eigenvalue weighted by atomic mass is 10.2. The maximum Gasteiger partial charge on any atom is 0.293 e. The Kier molecular flexibility index (Phi) is 8.87. The van der Waals surface area contributed by atoms with Gasteiger partial charge in [-0.1, -0.05) is 0 Å². The summed E-state index contributed by atoms with van der Waals surface area (Å²) in [5.74, 6) is 0. The fourth-order valence-electron chi connectivity index (χ4n) is 0.144. The normalized spacial score (nSPS) is 9.55. The monoisotopic (exact) mass is 163 g/mol. The Balaban J connectivity index is 0. The lowest BCUT2D eigenvalue weighted by Gasteiger charge is -2.14. The van der Waals surface area contributed by atoms with Crippen LogP contribution >= 0.6 is 0 Å². The quantitative estimate of drug-likeness (QED) is 0.557. The second-order valence-electron chi connectivity index (χ2n) is 2.84. The Bertz CT molecular complexity index is 86.2. The van der Waals surface area contributed by atoms with Crippen LogP contribution in [0.1, 0.15) is 20.8 Å². The van der Waals surface area contributed by atoms with Crippen molar-refractivity contribution >= 4 is 6.47 Å². The molecule has 0 rings (SSSR count). The first-order valence-corrected chi connectivity index (χ1v) is 3.40. The molecule has 0 fully saturated rings. The second-order valence-corrected chi connectivity index (χ2v) is 2.84. The van der Waals surface area contributed by atoms with E-state index in [1.807, 2.05) is 20.8 Å². The molecule has 0 aromatic rings. The highest BCUT2D eigenvalue weighted by molar-refractivity contribution is 5.37. The van der Waals surface area contributed by atoms with Gasteiger partial charge >= 0.3 is 0 Å². The van der Waals surface area contributed by atoms with E-state index in [9.17, 15) is 4.79 Å². The van der Waals surface area contributed by atoms with Gasteiger partial charge in [-0.05, 0) is 20.8 Å². The molecule has 68 valence electrons. The largest absolute Gasteiger partial charge is 0.462 e. The molecule has 0 aliphatic heterocycles. The van der Waals surface area contributed by atoms with Gasteiger partial charge in [-0.2, -0.15) is 0 Å². The van der Waals surface area contributed by atoms with Crippen LogP contribution in [0.15, 0.2) is 0 Å². The predicted molar refractivity (Wildman–Crippen MR) is 43.0 cm³/mol. The van der Waals surface area contributed by atoms with Crippen molar-refractivity contribution in [3.63, 3.8) is 0 Å². The van der Waals surface area contributed by atoms with E-state index < -0.39 is 0 Å². The van der Waals surface area contributed by atoms with Crippen LogP contribution in [0, 0.1) is 0 Å². The van der Waals surface area contributed by atoms with E-state index in [2.05, 4.69) is 4.74 Å². The van der Waals surface area contributed by atoms with Crippen LogP contribution in [0.25, 0.3) is 0 Å². The van der Waals surface area contributed by atoms with Gasteiger partial charge in [0, 0.05) is 6.54 Å². The summed E-state index contributed by atoms with van der Waals surface area (Å²) < 4.78 is 4.55. The lowest BCUT2D eigenvalue weighted by molar-refractivity contribution is -0.138. The molecule has 0 aromatic heterocycles. The molecule has 0 aliphatic rings. The zero-order chi connectivity index (χ0) is 9.33. The van der Waals surface area contributed by atoms with Crippen LogP contribution < -0.4 is 5.73 Å². The van der Waals surface area contributed by atoms with Crippen molar-refractivity contribution in [1.82, 2.24) is 0 Å². The minimum Gasteiger partial charge on any atom is -0.462 e. The maximum atomic E-state index is 9.60. The van der Waals surface area contributed by atoms with Crippen molar-refractivity contribution in [2.24, 2.45) is 5.73 Å². The molecule has 11 heavy (non-hydrogen) atoms. The van der Waals surface area contributed by atoms with Gasteiger partial charge in [0.05, 0.1) is 6.61 Å². The van der Waals surface area contributed by atoms with Gasteiger partial charge in [0.1, 0.15) is 5.60 Å². The van der Waals surface area contributed by atoms with E-state index in [0.717, 1.165) is 0 Å². The smallest absolute Gasteiger partial charge is 0.293 e. The predicted octanol–water partition coefficient (Wildman–Crippen LogP) is -0.105.